The molecule has 0 unspecified atom stereocenters. The SMILES string of the molecule is CCc1ccc(F)cc1COSF. The van der Waals surface area contributed by atoms with E-state index in [1.54, 1.807) is 6.07 Å². The lowest BCUT2D eigenvalue weighted by molar-refractivity contribution is 0.348. The van der Waals surface area contributed by atoms with Crippen LogP contribution in [0.5, 0.6) is 0 Å². The van der Waals surface area contributed by atoms with Gasteiger partial charge in [-0.15, -0.1) is 3.89 Å². The van der Waals surface area contributed by atoms with E-state index in [0.717, 1.165) is 12.0 Å². The number of benzene rings is 1. The Labute approximate surface area is 80.6 Å². The number of hydrogen-bond donors (Lipinski definition) is 0. The van der Waals surface area contributed by atoms with Crippen molar-refractivity contribution in [2.24, 2.45) is 0 Å². The predicted octanol–water partition coefficient (Wildman–Crippen LogP) is 3.44. The average Bonchev–Trinajstić information content (AvgIpc) is 2.15. The molecule has 0 radical (unpaired) electrons. The molecular formula is C9H10F2OS. The van der Waals surface area contributed by atoms with Crippen molar-refractivity contribution in [3.63, 3.8) is 0 Å². The van der Waals surface area contributed by atoms with Crippen LogP contribution in [-0.4, -0.2) is 0 Å². The van der Waals surface area contributed by atoms with Gasteiger partial charge in [0.2, 0.25) is 12.4 Å². The summed E-state index contributed by atoms with van der Waals surface area (Å²) >= 11 is -0.201. The van der Waals surface area contributed by atoms with Crippen LogP contribution in [-0.2, 0) is 17.2 Å². The van der Waals surface area contributed by atoms with E-state index in [2.05, 4.69) is 4.18 Å². The van der Waals surface area contributed by atoms with Gasteiger partial charge in [-0.2, -0.15) is 0 Å². The van der Waals surface area contributed by atoms with Crippen LogP contribution in [0.25, 0.3) is 0 Å². The molecule has 0 aliphatic rings. The molecule has 72 valence electrons. The monoisotopic (exact) mass is 204 g/mol. The lowest BCUT2D eigenvalue weighted by Crippen LogP contribution is -1.94. The van der Waals surface area contributed by atoms with E-state index in [9.17, 15) is 8.28 Å². The molecule has 0 saturated heterocycles. The summed E-state index contributed by atoms with van der Waals surface area (Å²) in [6.45, 7) is 2.06. The molecule has 0 atom stereocenters. The molecule has 4 heteroatoms. The first-order chi connectivity index (χ1) is 6.27. The number of aryl methyl sites for hydroxylation is 1. The third-order valence-electron chi connectivity index (χ3n) is 1.81. The second kappa shape index (κ2) is 5.19. The number of hydrogen-bond acceptors (Lipinski definition) is 2. The number of rotatable bonds is 4. The van der Waals surface area contributed by atoms with Crippen LogP contribution in [0, 0.1) is 5.82 Å². The van der Waals surface area contributed by atoms with Crippen LogP contribution in [0.3, 0.4) is 0 Å². The Balaban J connectivity index is 2.81. The van der Waals surface area contributed by atoms with Crippen molar-refractivity contribution in [1.82, 2.24) is 0 Å². The Bertz CT molecular complexity index is 278. The van der Waals surface area contributed by atoms with Crippen molar-refractivity contribution in [2.75, 3.05) is 0 Å². The third-order valence-corrected chi connectivity index (χ3v) is 2.02. The van der Waals surface area contributed by atoms with E-state index < -0.39 is 0 Å². The van der Waals surface area contributed by atoms with E-state index in [-0.39, 0.29) is 24.9 Å². The van der Waals surface area contributed by atoms with Gasteiger partial charge in [-0.1, -0.05) is 13.0 Å². The molecule has 1 nitrogen and oxygen atoms in total. The van der Waals surface area contributed by atoms with Gasteiger partial charge >= 0.3 is 0 Å². The van der Waals surface area contributed by atoms with Crippen LogP contribution in [0.2, 0.25) is 0 Å². The molecular weight excluding hydrogens is 194 g/mol. The highest BCUT2D eigenvalue weighted by Crippen LogP contribution is 2.16. The topological polar surface area (TPSA) is 9.23 Å². The van der Waals surface area contributed by atoms with Crippen LogP contribution in [0.15, 0.2) is 18.2 Å². The molecule has 13 heavy (non-hydrogen) atoms. The van der Waals surface area contributed by atoms with Gasteiger partial charge in [0.05, 0.1) is 6.61 Å². The van der Waals surface area contributed by atoms with Crippen molar-refractivity contribution < 1.29 is 12.5 Å². The molecule has 0 spiro atoms. The van der Waals surface area contributed by atoms with Crippen LogP contribution < -0.4 is 0 Å². The Morgan fingerprint density at radius 3 is 2.77 bits per heavy atom. The van der Waals surface area contributed by atoms with Crippen molar-refractivity contribution in [2.45, 2.75) is 20.0 Å². The summed E-state index contributed by atoms with van der Waals surface area (Å²) in [7, 11) is 0. The van der Waals surface area contributed by atoms with Crippen LogP contribution in [0.1, 0.15) is 18.1 Å². The fourth-order valence-corrected chi connectivity index (χ4v) is 1.33. The fourth-order valence-electron chi connectivity index (χ4n) is 1.16. The zero-order valence-electron chi connectivity index (χ0n) is 7.22. The highest BCUT2D eigenvalue weighted by Gasteiger charge is 2.02. The lowest BCUT2D eigenvalue weighted by Gasteiger charge is -2.05. The Kier molecular flexibility index (Phi) is 4.18. The van der Waals surface area contributed by atoms with Gasteiger partial charge in [0.15, 0.2) is 0 Å². The maximum atomic E-state index is 12.8. The minimum Gasteiger partial charge on any atom is -0.283 e. The first-order valence-corrected chi connectivity index (χ1v) is 4.59. The van der Waals surface area contributed by atoms with Crippen molar-refractivity contribution in [1.29, 1.82) is 0 Å². The van der Waals surface area contributed by atoms with Crippen molar-refractivity contribution in [3.05, 3.63) is 35.1 Å². The zero-order chi connectivity index (χ0) is 9.68. The Hall–Kier alpha value is -0.610. The van der Waals surface area contributed by atoms with E-state index in [0.29, 0.717) is 5.56 Å². The molecule has 0 saturated carbocycles. The second-order valence-corrected chi connectivity index (χ2v) is 2.95. The minimum atomic E-state index is -0.320. The standard InChI is InChI=1S/C9H10F2OS/c1-2-7-3-4-9(10)5-8(7)6-12-13-11/h3-5H,2,6H2,1H3. The van der Waals surface area contributed by atoms with Gasteiger partial charge in [0.1, 0.15) is 5.82 Å². The summed E-state index contributed by atoms with van der Waals surface area (Å²) in [5, 5.41) is 0. The smallest absolute Gasteiger partial charge is 0.208 e. The van der Waals surface area contributed by atoms with E-state index >= 15 is 0 Å². The highest BCUT2D eigenvalue weighted by molar-refractivity contribution is 7.89. The van der Waals surface area contributed by atoms with E-state index in [4.69, 9.17) is 0 Å². The zero-order valence-corrected chi connectivity index (χ0v) is 8.04. The maximum absolute atomic E-state index is 12.8. The summed E-state index contributed by atoms with van der Waals surface area (Å²) in [6, 6.07) is 4.46. The van der Waals surface area contributed by atoms with Gasteiger partial charge < -0.3 is 0 Å². The van der Waals surface area contributed by atoms with Gasteiger partial charge in [-0.25, -0.2) is 4.39 Å². The molecule has 0 bridgehead atoms. The molecule has 0 heterocycles. The van der Waals surface area contributed by atoms with Crippen molar-refractivity contribution >= 4 is 12.4 Å². The second-order valence-electron chi connectivity index (χ2n) is 2.59. The van der Waals surface area contributed by atoms with E-state index in [1.807, 2.05) is 6.92 Å². The molecule has 1 rings (SSSR count). The van der Waals surface area contributed by atoms with Gasteiger partial charge in [-0.3, -0.25) is 4.18 Å². The van der Waals surface area contributed by atoms with Crippen LogP contribution >= 0.6 is 12.4 Å². The molecule has 0 fully saturated rings. The van der Waals surface area contributed by atoms with Gasteiger partial charge in [-0.05, 0) is 29.7 Å². The summed E-state index contributed by atoms with van der Waals surface area (Å²) in [6.07, 6.45) is 0.788. The minimum absolute atomic E-state index is 0.0993. The van der Waals surface area contributed by atoms with Crippen LogP contribution in [0.4, 0.5) is 8.28 Å². The molecule has 0 aromatic heterocycles. The molecule has 0 aliphatic heterocycles. The average molecular weight is 204 g/mol. The summed E-state index contributed by atoms with van der Waals surface area (Å²) in [5.41, 5.74) is 1.68. The van der Waals surface area contributed by atoms with Gasteiger partial charge in [0.25, 0.3) is 0 Å². The first-order valence-electron chi connectivity index (χ1n) is 3.95. The Morgan fingerprint density at radius 2 is 2.15 bits per heavy atom. The quantitative estimate of drug-likeness (QED) is 0.695. The van der Waals surface area contributed by atoms with Gasteiger partial charge in [0, 0.05) is 0 Å². The summed E-state index contributed by atoms with van der Waals surface area (Å²) in [4.78, 5) is 0. The molecule has 1 aromatic rings. The largest absolute Gasteiger partial charge is 0.283 e. The predicted molar refractivity (Wildman–Crippen MR) is 49.3 cm³/mol. The summed E-state index contributed by atoms with van der Waals surface area (Å²) < 4.78 is 28.9. The molecule has 0 amide bonds. The van der Waals surface area contributed by atoms with E-state index in [1.165, 1.54) is 12.1 Å². The lowest BCUT2D eigenvalue weighted by atomic mass is 10.1. The highest BCUT2D eigenvalue weighted by atomic mass is 32.2. The molecule has 1 aromatic carbocycles. The maximum Gasteiger partial charge on any atom is 0.208 e. The third kappa shape index (κ3) is 2.97. The first kappa shape index (κ1) is 10.5. The fraction of sp³-hybridized carbons (Fsp3) is 0.333. The van der Waals surface area contributed by atoms with Crippen molar-refractivity contribution in [3.8, 4) is 0 Å². The number of halogens is 2. The molecule has 0 N–H and O–H groups in total. The summed E-state index contributed by atoms with van der Waals surface area (Å²) in [5.74, 6) is -0.320. The molecule has 0 aliphatic carbocycles. The Morgan fingerprint density at radius 1 is 1.38 bits per heavy atom. The normalized spacial score (nSPS) is 10.4.